The van der Waals surface area contributed by atoms with Crippen LogP contribution in [-0.4, -0.2) is 39.3 Å². The molecule has 0 heterocycles. The van der Waals surface area contributed by atoms with Crippen LogP contribution in [0.5, 0.6) is 0 Å². The zero-order valence-electron chi connectivity index (χ0n) is 10.1. The Hall–Kier alpha value is -0.610. The first kappa shape index (κ1) is 14.4. The molecule has 2 N–H and O–H groups in total. The van der Waals surface area contributed by atoms with E-state index in [1.165, 1.54) is 6.42 Å². The molecule has 1 amide bonds. The highest BCUT2D eigenvalue weighted by molar-refractivity contribution is 5.75. The number of nitrogens with one attached hydrogen (secondary N) is 2. The smallest absolute Gasteiger partial charge is 0.221 e. The van der Waals surface area contributed by atoms with E-state index in [-0.39, 0.29) is 5.91 Å². The van der Waals surface area contributed by atoms with Crippen molar-refractivity contribution in [3.05, 3.63) is 0 Å². The summed E-state index contributed by atoms with van der Waals surface area (Å²) in [5.74, 6) is 0.769. The van der Waals surface area contributed by atoms with Crippen LogP contribution in [0.3, 0.4) is 0 Å². The van der Waals surface area contributed by atoms with Crippen molar-refractivity contribution in [3.8, 4) is 0 Å². The molecule has 0 spiro atoms. The molecular formula is C11H24N2O2. The number of carbonyl (C=O) groups excluding carboxylic acids is 1. The minimum atomic E-state index is 0.0868. The van der Waals surface area contributed by atoms with Gasteiger partial charge in [-0.3, -0.25) is 4.79 Å². The minimum absolute atomic E-state index is 0.0868. The fourth-order valence-corrected chi connectivity index (χ4v) is 1.08. The second kappa shape index (κ2) is 9.93. The third-order valence-corrected chi connectivity index (χ3v) is 2.35. The van der Waals surface area contributed by atoms with Crippen molar-refractivity contribution in [2.75, 3.05) is 33.4 Å². The van der Waals surface area contributed by atoms with Gasteiger partial charge < -0.3 is 15.4 Å². The Morgan fingerprint density at radius 2 is 2.13 bits per heavy atom. The lowest BCUT2D eigenvalue weighted by atomic mass is 10.1. The summed E-state index contributed by atoms with van der Waals surface area (Å²) >= 11 is 0. The van der Waals surface area contributed by atoms with Gasteiger partial charge in [0.2, 0.25) is 5.91 Å². The molecule has 0 aromatic heterocycles. The quantitative estimate of drug-likeness (QED) is 0.560. The first-order chi connectivity index (χ1) is 7.20. The monoisotopic (exact) mass is 216 g/mol. The molecule has 0 saturated heterocycles. The number of carbonyl (C=O) groups is 1. The topological polar surface area (TPSA) is 50.4 Å². The van der Waals surface area contributed by atoms with Crippen LogP contribution in [0.1, 0.15) is 26.7 Å². The van der Waals surface area contributed by atoms with E-state index in [2.05, 4.69) is 24.5 Å². The van der Waals surface area contributed by atoms with E-state index < -0.39 is 0 Å². The van der Waals surface area contributed by atoms with Gasteiger partial charge in [0.1, 0.15) is 0 Å². The lowest BCUT2D eigenvalue weighted by Crippen LogP contribution is -2.31. The highest BCUT2D eigenvalue weighted by atomic mass is 16.5. The van der Waals surface area contributed by atoms with E-state index >= 15 is 0 Å². The van der Waals surface area contributed by atoms with Gasteiger partial charge >= 0.3 is 0 Å². The van der Waals surface area contributed by atoms with E-state index in [1.54, 1.807) is 7.11 Å². The lowest BCUT2D eigenvalue weighted by molar-refractivity contribution is -0.121. The molecule has 1 atom stereocenters. The van der Waals surface area contributed by atoms with Crippen LogP contribution in [0.2, 0.25) is 0 Å². The Morgan fingerprint density at radius 1 is 1.40 bits per heavy atom. The second-order valence-electron chi connectivity index (χ2n) is 3.81. The van der Waals surface area contributed by atoms with Gasteiger partial charge in [-0.15, -0.1) is 0 Å². The third kappa shape index (κ3) is 9.69. The SMILES string of the molecule is CCC(C)CNCCC(=O)NCCOC. The van der Waals surface area contributed by atoms with E-state index in [4.69, 9.17) is 4.74 Å². The Morgan fingerprint density at radius 3 is 2.73 bits per heavy atom. The van der Waals surface area contributed by atoms with Gasteiger partial charge in [0, 0.05) is 26.6 Å². The van der Waals surface area contributed by atoms with Crippen LogP contribution >= 0.6 is 0 Å². The standard InChI is InChI=1S/C11H24N2O2/c1-4-10(2)9-12-6-5-11(14)13-7-8-15-3/h10,12H,4-9H2,1-3H3,(H,13,14). The van der Waals surface area contributed by atoms with E-state index in [0.717, 1.165) is 13.1 Å². The lowest BCUT2D eigenvalue weighted by Gasteiger charge is -2.09. The fraction of sp³-hybridized carbons (Fsp3) is 0.909. The van der Waals surface area contributed by atoms with Crippen LogP contribution < -0.4 is 10.6 Å². The first-order valence-corrected chi connectivity index (χ1v) is 5.67. The van der Waals surface area contributed by atoms with Crippen LogP contribution in [0.4, 0.5) is 0 Å². The molecule has 0 aliphatic carbocycles. The first-order valence-electron chi connectivity index (χ1n) is 5.67. The highest BCUT2D eigenvalue weighted by Crippen LogP contribution is 1.96. The summed E-state index contributed by atoms with van der Waals surface area (Å²) in [5.41, 5.74) is 0. The summed E-state index contributed by atoms with van der Waals surface area (Å²) in [6.07, 6.45) is 1.72. The molecule has 4 heteroatoms. The molecule has 90 valence electrons. The van der Waals surface area contributed by atoms with Crippen molar-refractivity contribution in [3.63, 3.8) is 0 Å². The van der Waals surface area contributed by atoms with Crippen molar-refractivity contribution in [1.82, 2.24) is 10.6 Å². The molecule has 4 nitrogen and oxygen atoms in total. The normalized spacial score (nSPS) is 12.5. The maximum absolute atomic E-state index is 11.2. The third-order valence-electron chi connectivity index (χ3n) is 2.35. The van der Waals surface area contributed by atoms with Crippen molar-refractivity contribution in [2.45, 2.75) is 26.7 Å². The Kier molecular flexibility index (Phi) is 9.52. The maximum Gasteiger partial charge on any atom is 0.221 e. The summed E-state index contributed by atoms with van der Waals surface area (Å²) in [5, 5.41) is 6.05. The summed E-state index contributed by atoms with van der Waals surface area (Å²) < 4.78 is 4.83. The van der Waals surface area contributed by atoms with Gasteiger partial charge in [-0.25, -0.2) is 0 Å². The number of ether oxygens (including phenoxy) is 1. The van der Waals surface area contributed by atoms with Crippen LogP contribution in [0, 0.1) is 5.92 Å². The van der Waals surface area contributed by atoms with Gasteiger partial charge in [0.15, 0.2) is 0 Å². The van der Waals surface area contributed by atoms with Crippen molar-refractivity contribution >= 4 is 5.91 Å². The number of hydrogen-bond acceptors (Lipinski definition) is 3. The van der Waals surface area contributed by atoms with Gasteiger partial charge in [-0.2, -0.15) is 0 Å². The number of rotatable bonds is 9. The van der Waals surface area contributed by atoms with Crippen molar-refractivity contribution in [1.29, 1.82) is 0 Å². The molecular weight excluding hydrogens is 192 g/mol. The predicted molar refractivity (Wildman–Crippen MR) is 61.8 cm³/mol. The molecule has 0 aliphatic rings. The summed E-state index contributed by atoms with van der Waals surface area (Å²) in [4.78, 5) is 11.2. The van der Waals surface area contributed by atoms with Crippen molar-refractivity contribution in [2.24, 2.45) is 5.92 Å². The van der Waals surface area contributed by atoms with Crippen LogP contribution in [0.25, 0.3) is 0 Å². The highest BCUT2D eigenvalue weighted by Gasteiger charge is 2.01. The Bertz CT molecular complexity index is 163. The molecule has 0 aliphatic heterocycles. The number of hydrogen-bond donors (Lipinski definition) is 2. The Labute approximate surface area is 92.8 Å². The van der Waals surface area contributed by atoms with Gasteiger partial charge in [-0.05, 0) is 12.5 Å². The van der Waals surface area contributed by atoms with E-state index in [9.17, 15) is 4.79 Å². The second-order valence-corrected chi connectivity index (χ2v) is 3.81. The predicted octanol–water partition coefficient (Wildman–Crippen LogP) is 0.775. The van der Waals surface area contributed by atoms with Crippen LogP contribution in [-0.2, 0) is 9.53 Å². The van der Waals surface area contributed by atoms with Gasteiger partial charge in [0.05, 0.1) is 6.61 Å². The molecule has 0 aromatic rings. The molecule has 0 saturated carbocycles. The van der Waals surface area contributed by atoms with Crippen LogP contribution in [0.15, 0.2) is 0 Å². The Balaban J connectivity index is 3.23. The fourth-order valence-electron chi connectivity index (χ4n) is 1.08. The van der Waals surface area contributed by atoms with Crippen molar-refractivity contribution < 1.29 is 9.53 Å². The molecule has 0 aromatic carbocycles. The zero-order valence-corrected chi connectivity index (χ0v) is 10.1. The van der Waals surface area contributed by atoms with E-state index in [1.807, 2.05) is 0 Å². The van der Waals surface area contributed by atoms with E-state index in [0.29, 0.717) is 25.5 Å². The molecule has 1 unspecified atom stereocenters. The average molecular weight is 216 g/mol. The largest absolute Gasteiger partial charge is 0.383 e. The summed E-state index contributed by atoms with van der Waals surface area (Å²) in [6, 6.07) is 0. The zero-order chi connectivity index (χ0) is 11.5. The molecule has 0 fully saturated rings. The minimum Gasteiger partial charge on any atom is -0.383 e. The summed E-state index contributed by atoms with van der Waals surface area (Å²) in [7, 11) is 1.62. The molecule has 0 radical (unpaired) electrons. The number of methoxy groups -OCH3 is 1. The molecule has 15 heavy (non-hydrogen) atoms. The number of amides is 1. The van der Waals surface area contributed by atoms with Gasteiger partial charge in [-0.1, -0.05) is 20.3 Å². The van der Waals surface area contributed by atoms with Gasteiger partial charge in [0.25, 0.3) is 0 Å². The average Bonchev–Trinajstić information content (AvgIpc) is 2.24. The molecule has 0 bridgehead atoms. The maximum atomic E-state index is 11.2. The summed E-state index contributed by atoms with van der Waals surface area (Å²) in [6.45, 7) is 7.28. The molecule has 0 rings (SSSR count).